The molecule has 1 aromatic heterocycles. The summed E-state index contributed by atoms with van der Waals surface area (Å²) in [7, 11) is 0. The fourth-order valence-electron chi connectivity index (χ4n) is 1.66. The van der Waals surface area contributed by atoms with E-state index >= 15 is 0 Å². The number of hydrogen-bond acceptors (Lipinski definition) is 5. The Morgan fingerprint density at radius 2 is 1.94 bits per heavy atom. The SMILES string of the molecule is CCNc1ncnc(NCC(CC)CCO)c1Br. The molecule has 0 aromatic carbocycles. The predicted molar refractivity (Wildman–Crippen MR) is 77.9 cm³/mol. The number of halogens is 1. The molecule has 0 fully saturated rings. The van der Waals surface area contributed by atoms with E-state index in [9.17, 15) is 0 Å². The molecule has 1 unspecified atom stereocenters. The zero-order valence-electron chi connectivity index (χ0n) is 10.9. The van der Waals surface area contributed by atoms with Gasteiger partial charge in [0.15, 0.2) is 0 Å². The van der Waals surface area contributed by atoms with Gasteiger partial charge >= 0.3 is 0 Å². The number of nitrogens with one attached hydrogen (secondary N) is 2. The van der Waals surface area contributed by atoms with Gasteiger partial charge in [-0.1, -0.05) is 13.3 Å². The summed E-state index contributed by atoms with van der Waals surface area (Å²) in [5.74, 6) is 2.04. The summed E-state index contributed by atoms with van der Waals surface area (Å²) >= 11 is 3.49. The van der Waals surface area contributed by atoms with Crippen LogP contribution >= 0.6 is 15.9 Å². The van der Waals surface area contributed by atoms with Crippen LogP contribution in [0.15, 0.2) is 10.8 Å². The Bertz CT molecular complexity index is 362. The number of aliphatic hydroxyl groups is 1. The average Bonchev–Trinajstić information content (AvgIpc) is 2.38. The Hall–Kier alpha value is -0.880. The van der Waals surface area contributed by atoms with Crippen LogP contribution in [0.2, 0.25) is 0 Å². The molecule has 0 aliphatic heterocycles. The molecule has 5 nitrogen and oxygen atoms in total. The minimum absolute atomic E-state index is 0.230. The van der Waals surface area contributed by atoms with Gasteiger partial charge in [-0.2, -0.15) is 0 Å². The molecule has 102 valence electrons. The zero-order chi connectivity index (χ0) is 13.4. The minimum atomic E-state index is 0.230. The van der Waals surface area contributed by atoms with E-state index < -0.39 is 0 Å². The van der Waals surface area contributed by atoms with Crippen LogP contribution in [0.4, 0.5) is 11.6 Å². The highest BCUT2D eigenvalue weighted by Gasteiger charge is 2.10. The van der Waals surface area contributed by atoms with Gasteiger partial charge in [-0.05, 0) is 35.2 Å². The first-order chi connectivity index (χ1) is 8.72. The number of nitrogens with zero attached hydrogens (tertiary/aromatic N) is 2. The molecule has 18 heavy (non-hydrogen) atoms. The lowest BCUT2D eigenvalue weighted by molar-refractivity contribution is 0.258. The largest absolute Gasteiger partial charge is 0.396 e. The summed E-state index contributed by atoms with van der Waals surface area (Å²) in [4.78, 5) is 8.38. The van der Waals surface area contributed by atoms with Crippen LogP contribution < -0.4 is 10.6 Å². The van der Waals surface area contributed by atoms with Gasteiger partial charge in [-0.25, -0.2) is 9.97 Å². The smallest absolute Gasteiger partial charge is 0.145 e. The molecule has 0 saturated carbocycles. The van der Waals surface area contributed by atoms with Crippen LogP contribution in [0.1, 0.15) is 26.7 Å². The highest BCUT2D eigenvalue weighted by molar-refractivity contribution is 9.10. The van der Waals surface area contributed by atoms with E-state index in [0.717, 1.165) is 42.0 Å². The van der Waals surface area contributed by atoms with Gasteiger partial charge < -0.3 is 15.7 Å². The third-order valence-electron chi connectivity index (χ3n) is 2.81. The Morgan fingerprint density at radius 3 is 2.50 bits per heavy atom. The average molecular weight is 317 g/mol. The lowest BCUT2D eigenvalue weighted by atomic mass is 10.0. The quantitative estimate of drug-likeness (QED) is 0.687. The lowest BCUT2D eigenvalue weighted by Crippen LogP contribution is -2.16. The summed E-state index contributed by atoms with van der Waals surface area (Å²) in [6, 6.07) is 0. The van der Waals surface area contributed by atoms with Crippen LogP contribution in [-0.2, 0) is 0 Å². The summed E-state index contributed by atoms with van der Waals surface area (Å²) in [6.07, 6.45) is 3.39. The van der Waals surface area contributed by atoms with E-state index in [2.05, 4.69) is 43.5 Å². The number of anilines is 2. The first-order valence-electron chi connectivity index (χ1n) is 6.31. The Labute approximate surface area is 117 Å². The lowest BCUT2D eigenvalue weighted by Gasteiger charge is -2.16. The van der Waals surface area contributed by atoms with Gasteiger partial charge in [-0.3, -0.25) is 0 Å². The molecule has 1 rings (SSSR count). The van der Waals surface area contributed by atoms with Crippen molar-refractivity contribution in [1.82, 2.24) is 9.97 Å². The van der Waals surface area contributed by atoms with E-state index in [4.69, 9.17) is 5.11 Å². The Kier molecular flexibility index (Phi) is 6.97. The maximum Gasteiger partial charge on any atom is 0.145 e. The van der Waals surface area contributed by atoms with Crippen LogP contribution in [0.25, 0.3) is 0 Å². The van der Waals surface area contributed by atoms with Crippen molar-refractivity contribution in [3.8, 4) is 0 Å². The van der Waals surface area contributed by atoms with Crippen molar-refractivity contribution in [1.29, 1.82) is 0 Å². The third-order valence-corrected chi connectivity index (χ3v) is 3.56. The van der Waals surface area contributed by atoms with Crippen molar-refractivity contribution in [3.05, 3.63) is 10.8 Å². The Morgan fingerprint density at radius 1 is 1.28 bits per heavy atom. The molecule has 0 aliphatic rings. The summed E-state index contributed by atoms with van der Waals surface area (Å²) in [5, 5.41) is 15.4. The van der Waals surface area contributed by atoms with Crippen LogP contribution in [0.5, 0.6) is 0 Å². The molecule has 3 N–H and O–H groups in total. The van der Waals surface area contributed by atoms with E-state index in [-0.39, 0.29) is 6.61 Å². The van der Waals surface area contributed by atoms with E-state index in [1.807, 2.05) is 6.92 Å². The molecular weight excluding hydrogens is 296 g/mol. The van der Waals surface area contributed by atoms with E-state index in [1.54, 1.807) is 0 Å². The standard InChI is InChI=1S/C12H21BrN4O/c1-3-9(5-6-18)7-15-12-10(13)11(14-4-2)16-8-17-12/h8-9,18H,3-7H2,1-2H3,(H2,14,15,16,17). The molecule has 0 amide bonds. The molecule has 1 aromatic rings. The van der Waals surface area contributed by atoms with Crippen molar-refractivity contribution in [2.24, 2.45) is 5.92 Å². The maximum atomic E-state index is 8.96. The first-order valence-corrected chi connectivity index (χ1v) is 7.11. The number of hydrogen-bond donors (Lipinski definition) is 3. The zero-order valence-corrected chi connectivity index (χ0v) is 12.5. The molecule has 6 heteroatoms. The van der Waals surface area contributed by atoms with Gasteiger partial charge in [0.05, 0.1) is 0 Å². The van der Waals surface area contributed by atoms with Crippen molar-refractivity contribution >= 4 is 27.6 Å². The van der Waals surface area contributed by atoms with Gasteiger partial charge in [-0.15, -0.1) is 0 Å². The number of aromatic nitrogens is 2. The predicted octanol–water partition coefficient (Wildman–Crippen LogP) is 2.49. The van der Waals surface area contributed by atoms with Crippen LogP contribution in [-0.4, -0.2) is 34.8 Å². The highest BCUT2D eigenvalue weighted by atomic mass is 79.9. The molecular formula is C12H21BrN4O. The normalized spacial score (nSPS) is 12.2. The van der Waals surface area contributed by atoms with Gasteiger partial charge in [0.25, 0.3) is 0 Å². The number of aliphatic hydroxyl groups excluding tert-OH is 1. The van der Waals surface area contributed by atoms with Crippen molar-refractivity contribution in [3.63, 3.8) is 0 Å². The van der Waals surface area contributed by atoms with Gasteiger partial charge in [0, 0.05) is 19.7 Å². The van der Waals surface area contributed by atoms with Gasteiger partial charge in [0.1, 0.15) is 22.4 Å². The highest BCUT2D eigenvalue weighted by Crippen LogP contribution is 2.26. The fourth-order valence-corrected chi connectivity index (χ4v) is 2.14. The number of rotatable bonds is 8. The second-order valence-corrected chi connectivity index (χ2v) is 4.88. The molecule has 1 heterocycles. The Balaban J connectivity index is 2.63. The second-order valence-electron chi connectivity index (χ2n) is 4.08. The fraction of sp³-hybridized carbons (Fsp3) is 0.667. The van der Waals surface area contributed by atoms with Crippen molar-refractivity contribution in [2.45, 2.75) is 26.7 Å². The summed E-state index contributed by atoms with van der Waals surface area (Å²) in [5.41, 5.74) is 0. The van der Waals surface area contributed by atoms with E-state index in [1.165, 1.54) is 6.33 Å². The van der Waals surface area contributed by atoms with E-state index in [0.29, 0.717) is 5.92 Å². The van der Waals surface area contributed by atoms with Crippen molar-refractivity contribution in [2.75, 3.05) is 30.3 Å². The van der Waals surface area contributed by atoms with Crippen molar-refractivity contribution < 1.29 is 5.11 Å². The molecule has 1 atom stereocenters. The summed E-state index contributed by atoms with van der Waals surface area (Å²) < 4.78 is 0.853. The molecule has 0 bridgehead atoms. The monoisotopic (exact) mass is 316 g/mol. The maximum absolute atomic E-state index is 8.96. The van der Waals surface area contributed by atoms with Crippen LogP contribution in [0, 0.1) is 5.92 Å². The molecule has 0 radical (unpaired) electrons. The second kappa shape index (κ2) is 8.26. The molecule has 0 saturated heterocycles. The third kappa shape index (κ3) is 4.42. The first kappa shape index (κ1) is 15.2. The summed E-state index contributed by atoms with van der Waals surface area (Å²) in [6.45, 7) is 6.00. The minimum Gasteiger partial charge on any atom is -0.396 e. The molecule has 0 spiro atoms. The topological polar surface area (TPSA) is 70.1 Å². The van der Waals surface area contributed by atoms with Gasteiger partial charge in [0.2, 0.25) is 0 Å². The van der Waals surface area contributed by atoms with Crippen LogP contribution in [0.3, 0.4) is 0 Å². The molecule has 0 aliphatic carbocycles.